The number of nitrogens with zero attached hydrogens (tertiary/aromatic N) is 2. The fourth-order valence-corrected chi connectivity index (χ4v) is 3.61. The van der Waals surface area contributed by atoms with E-state index in [4.69, 9.17) is 11.6 Å². The minimum absolute atomic E-state index is 0.141. The molecule has 0 unspecified atom stereocenters. The smallest absolute Gasteiger partial charge is 0.338 e. The van der Waals surface area contributed by atoms with Crippen molar-refractivity contribution in [1.82, 2.24) is 4.90 Å². The van der Waals surface area contributed by atoms with Crippen molar-refractivity contribution < 1.29 is 19.8 Å². The summed E-state index contributed by atoms with van der Waals surface area (Å²) >= 11 is 7.03. The first-order valence-corrected chi connectivity index (χ1v) is 9.31. The van der Waals surface area contributed by atoms with Gasteiger partial charge in [-0.1, -0.05) is 29.8 Å². The number of phenolic OH excluding ortho intramolecular Hbond substituents is 1. The minimum atomic E-state index is -1.23. The number of amides is 1. The van der Waals surface area contributed by atoms with E-state index in [1.54, 1.807) is 36.4 Å². The Morgan fingerprint density at radius 3 is 2.61 bits per heavy atom. The van der Waals surface area contributed by atoms with Gasteiger partial charge in [0.2, 0.25) is 0 Å². The highest BCUT2D eigenvalue weighted by molar-refractivity contribution is 8.18. The molecule has 0 aromatic heterocycles. The Morgan fingerprint density at radius 2 is 1.96 bits per heavy atom. The lowest BCUT2D eigenvalue weighted by Gasteiger charge is -2.13. The molecule has 3 rings (SSSR count). The van der Waals surface area contributed by atoms with Gasteiger partial charge >= 0.3 is 5.97 Å². The average Bonchev–Trinajstić information content (AvgIpc) is 2.94. The van der Waals surface area contributed by atoms with Crippen molar-refractivity contribution in [2.75, 3.05) is 6.54 Å². The summed E-state index contributed by atoms with van der Waals surface area (Å²) in [5.74, 6) is -1.66. The second kappa shape index (κ2) is 8.33. The zero-order valence-corrected chi connectivity index (χ0v) is 16.1. The van der Waals surface area contributed by atoms with Crippen LogP contribution in [-0.4, -0.2) is 38.7 Å². The van der Waals surface area contributed by atoms with Crippen molar-refractivity contribution in [1.29, 1.82) is 0 Å². The molecule has 8 heteroatoms. The fourth-order valence-electron chi connectivity index (χ4n) is 2.49. The molecule has 2 aromatic carbocycles. The molecule has 1 heterocycles. The van der Waals surface area contributed by atoms with E-state index in [1.165, 1.54) is 17.0 Å². The number of amidine groups is 1. The summed E-state index contributed by atoms with van der Waals surface area (Å²) in [5.41, 5.74) is 0.785. The molecular formula is C20H15ClN2O4S. The van der Waals surface area contributed by atoms with Crippen molar-refractivity contribution >= 4 is 52.2 Å². The van der Waals surface area contributed by atoms with Gasteiger partial charge in [-0.3, -0.25) is 9.69 Å². The first-order valence-electron chi connectivity index (χ1n) is 8.12. The lowest BCUT2D eigenvalue weighted by molar-refractivity contribution is -0.121. The van der Waals surface area contributed by atoms with E-state index in [9.17, 15) is 19.8 Å². The maximum atomic E-state index is 12.8. The minimum Gasteiger partial charge on any atom is -0.508 e. The standard InChI is InChI=1S/C20H15ClN2O4S/c1-2-9-23-18(25)17(10-12-3-5-13(21)6-4-12)28-20(23)22-16-8-7-14(24)11-15(16)19(26)27/h2-8,10-11,24H,1,9H2,(H,26,27)/b17-10-,22-20?. The van der Waals surface area contributed by atoms with E-state index >= 15 is 0 Å². The molecule has 2 aromatic rings. The number of hydrogen-bond donors (Lipinski definition) is 2. The molecule has 1 fully saturated rings. The summed E-state index contributed by atoms with van der Waals surface area (Å²) in [5, 5.41) is 19.8. The number of aromatic hydroxyl groups is 1. The molecule has 1 aliphatic rings. The van der Waals surface area contributed by atoms with Crippen molar-refractivity contribution in [2.45, 2.75) is 0 Å². The van der Waals surface area contributed by atoms with Gasteiger partial charge in [0, 0.05) is 11.6 Å². The summed E-state index contributed by atoms with van der Waals surface area (Å²) in [6, 6.07) is 10.9. The highest BCUT2D eigenvalue weighted by Gasteiger charge is 2.33. The molecule has 2 N–H and O–H groups in total. The number of carbonyl (C=O) groups is 2. The molecule has 6 nitrogen and oxygen atoms in total. The molecule has 142 valence electrons. The summed E-state index contributed by atoms with van der Waals surface area (Å²) in [6.07, 6.45) is 3.28. The van der Waals surface area contributed by atoms with E-state index in [0.717, 1.165) is 23.4 Å². The Labute approximate surface area is 170 Å². The SMILES string of the molecule is C=CCN1C(=O)/C(=C/c2ccc(Cl)cc2)SC1=Nc1ccc(O)cc1C(=O)O. The van der Waals surface area contributed by atoms with E-state index in [0.29, 0.717) is 15.1 Å². The number of carboxylic acids is 1. The Bertz CT molecular complexity index is 1020. The van der Waals surface area contributed by atoms with Crippen LogP contribution in [0, 0.1) is 0 Å². The van der Waals surface area contributed by atoms with Crippen LogP contribution in [0.5, 0.6) is 5.75 Å². The van der Waals surface area contributed by atoms with Crippen LogP contribution >= 0.6 is 23.4 Å². The molecule has 28 heavy (non-hydrogen) atoms. The Kier molecular flexibility index (Phi) is 5.87. The number of benzene rings is 2. The molecule has 0 spiro atoms. The van der Waals surface area contributed by atoms with Gasteiger partial charge in [-0.25, -0.2) is 9.79 Å². The predicted molar refractivity (Wildman–Crippen MR) is 111 cm³/mol. The maximum Gasteiger partial charge on any atom is 0.338 e. The highest BCUT2D eigenvalue weighted by atomic mass is 35.5. The fraction of sp³-hybridized carbons (Fsp3) is 0.0500. The van der Waals surface area contributed by atoms with E-state index in [1.807, 2.05) is 0 Å². The van der Waals surface area contributed by atoms with Gasteiger partial charge in [0.25, 0.3) is 5.91 Å². The third kappa shape index (κ3) is 4.27. The quantitative estimate of drug-likeness (QED) is 0.554. The number of carboxylic acid groups (broad SMARTS) is 1. The first-order chi connectivity index (χ1) is 13.4. The van der Waals surface area contributed by atoms with E-state index in [-0.39, 0.29) is 29.5 Å². The van der Waals surface area contributed by atoms with Gasteiger partial charge in [-0.2, -0.15) is 0 Å². The molecule has 0 atom stereocenters. The van der Waals surface area contributed by atoms with Crippen molar-refractivity contribution in [2.24, 2.45) is 4.99 Å². The average molecular weight is 415 g/mol. The maximum absolute atomic E-state index is 12.8. The molecule has 0 bridgehead atoms. The van der Waals surface area contributed by atoms with Crippen LogP contribution in [0.1, 0.15) is 15.9 Å². The summed E-state index contributed by atoms with van der Waals surface area (Å²) in [7, 11) is 0. The number of aliphatic imine (C=N–C) groups is 1. The van der Waals surface area contributed by atoms with Gasteiger partial charge in [0.15, 0.2) is 5.17 Å². The van der Waals surface area contributed by atoms with Crippen LogP contribution in [0.25, 0.3) is 6.08 Å². The molecule has 0 saturated carbocycles. The summed E-state index contributed by atoms with van der Waals surface area (Å²) < 4.78 is 0. The molecule has 1 saturated heterocycles. The molecule has 0 radical (unpaired) electrons. The normalized spacial score (nSPS) is 16.8. The molecule has 1 amide bonds. The second-order valence-electron chi connectivity index (χ2n) is 5.77. The number of halogens is 1. The monoisotopic (exact) mass is 414 g/mol. The topological polar surface area (TPSA) is 90.2 Å². The Morgan fingerprint density at radius 1 is 1.25 bits per heavy atom. The van der Waals surface area contributed by atoms with Gasteiger partial charge < -0.3 is 10.2 Å². The largest absolute Gasteiger partial charge is 0.508 e. The third-order valence-electron chi connectivity index (χ3n) is 3.79. The van der Waals surface area contributed by atoms with Crippen LogP contribution in [-0.2, 0) is 4.79 Å². The molecular weight excluding hydrogens is 400 g/mol. The van der Waals surface area contributed by atoms with Crippen LogP contribution in [0.4, 0.5) is 5.69 Å². The number of carbonyl (C=O) groups excluding carboxylic acids is 1. The molecule has 1 aliphatic heterocycles. The Balaban J connectivity index is 2.01. The lowest BCUT2D eigenvalue weighted by Crippen LogP contribution is -2.29. The third-order valence-corrected chi connectivity index (χ3v) is 5.05. The number of hydrogen-bond acceptors (Lipinski definition) is 5. The number of thioether (sulfide) groups is 1. The van der Waals surface area contributed by atoms with Gasteiger partial charge in [0.1, 0.15) is 5.75 Å². The van der Waals surface area contributed by atoms with Crippen LogP contribution in [0.3, 0.4) is 0 Å². The van der Waals surface area contributed by atoms with E-state index in [2.05, 4.69) is 11.6 Å². The lowest BCUT2D eigenvalue weighted by atomic mass is 10.2. The van der Waals surface area contributed by atoms with Crippen LogP contribution < -0.4 is 0 Å². The van der Waals surface area contributed by atoms with E-state index < -0.39 is 5.97 Å². The second-order valence-corrected chi connectivity index (χ2v) is 7.21. The summed E-state index contributed by atoms with van der Waals surface area (Å²) in [4.78, 5) is 30.4. The summed E-state index contributed by atoms with van der Waals surface area (Å²) in [6.45, 7) is 3.88. The van der Waals surface area contributed by atoms with Gasteiger partial charge in [-0.05, 0) is 53.7 Å². The first kappa shape index (κ1) is 19.7. The molecule has 0 aliphatic carbocycles. The number of phenols is 1. The van der Waals surface area contributed by atoms with Gasteiger partial charge in [-0.15, -0.1) is 6.58 Å². The number of rotatable bonds is 5. The Hall–Kier alpha value is -3.03. The zero-order chi connectivity index (χ0) is 20.3. The van der Waals surface area contributed by atoms with Crippen LogP contribution in [0.2, 0.25) is 5.02 Å². The van der Waals surface area contributed by atoms with Crippen molar-refractivity contribution in [3.05, 3.63) is 76.2 Å². The number of aromatic carboxylic acids is 1. The predicted octanol–water partition coefficient (Wildman–Crippen LogP) is 4.53. The van der Waals surface area contributed by atoms with Crippen molar-refractivity contribution in [3.8, 4) is 5.75 Å². The van der Waals surface area contributed by atoms with Crippen molar-refractivity contribution in [3.63, 3.8) is 0 Å². The van der Waals surface area contributed by atoms with Crippen LogP contribution in [0.15, 0.2) is 65.0 Å². The van der Waals surface area contributed by atoms with Gasteiger partial charge in [0.05, 0.1) is 16.2 Å². The highest BCUT2D eigenvalue weighted by Crippen LogP contribution is 2.35. The zero-order valence-electron chi connectivity index (χ0n) is 14.5.